The van der Waals surface area contributed by atoms with E-state index in [-0.39, 0.29) is 24.5 Å². The Morgan fingerprint density at radius 2 is 2.02 bits per heavy atom. The van der Waals surface area contributed by atoms with E-state index in [9.17, 15) is 18.8 Å². The van der Waals surface area contributed by atoms with Crippen molar-refractivity contribution >= 4 is 21.4 Å². The number of nitrogens with one attached hydrogen (secondary N) is 1. The number of ether oxygens (including phenoxy) is 1. The van der Waals surface area contributed by atoms with E-state index in [1.807, 2.05) is 50.4 Å². The number of likely N-dealkylation sites (tertiary alicyclic amines) is 1. The van der Waals surface area contributed by atoms with Gasteiger partial charge in [-0.1, -0.05) is 18.2 Å². The quantitative estimate of drug-likeness (QED) is 0.356. The number of hydrogen-bond acceptors (Lipinski definition) is 8. The molecule has 2 aliphatic rings. The monoisotopic (exact) mass is 580 g/mol. The third kappa shape index (κ3) is 6.56. The van der Waals surface area contributed by atoms with Crippen LogP contribution in [0.5, 0.6) is 5.75 Å². The standard InChI is InChI=1S/C30H36N4O4S2/c1-20(2)38-28-9-6-22(16-23(28)17-31)30-32-18-29(39-30)26-5-3-4-25-24(26)7-8-27(25)33-40(36,37)15-14-34-12-10-21(19-35)11-13-34/h3-6,9,16,18,20-21,27,33,35H,7-8,10-15,19H2,1-2H3/t27-/m0/s1. The maximum Gasteiger partial charge on any atom is 0.213 e. The molecule has 0 bridgehead atoms. The summed E-state index contributed by atoms with van der Waals surface area (Å²) in [7, 11) is -3.44. The van der Waals surface area contributed by atoms with Crippen LogP contribution >= 0.6 is 11.3 Å². The highest BCUT2D eigenvalue weighted by molar-refractivity contribution is 7.89. The van der Waals surface area contributed by atoms with Crippen molar-refractivity contribution in [3.63, 3.8) is 0 Å². The topological polar surface area (TPSA) is 116 Å². The number of nitrogens with zero attached hydrogens (tertiary/aromatic N) is 3. The number of aromatic nitrogens is 1. The van der Waals surface area contributed by atoms with E-state index >= 15 is 0 Å². The summed E-state index contributed by atoms with van der Waals surface area (Å²) in [5.41, 5.74) is 4.61. The van der Waals surface area contributed by atoms with Crippen LogP contribution in [0, 0.1) is 17.2 Å². The van der Waals surface area contributed by atoms with E-state index in [0.717, 1.165) is 70.9 Å². The Balaban J connectivity index is 1.28. The summed E-state index contributed by atoms with van der Waals surface area (Å²) in [6.07, 6.45) is 5.19. The minimum absolute atomic E-state index is 0.0203. The largest absolute Gasteiger partial charge is 0.490 e. The second-order valence-corrected chi connectivity index (χ2v) is 13.8. The summed E-state index contributed by atoms with van der Waals surface area (Å²) in [6, 6.07) is 13.6. The molecule has 40 heavy (non-hydrogen) atoms. The number of benzene rings is 2. The fourth-order valence-corrected chi connectivity index (χ4v) is 7.82. The lowest BCUT2D eigenvalue weighted by molar-refractivity contribution is 0.136. The van der Waals surface area contributed by atoms with Crippen molar-refractivity contribution in [1.82, 2.24) is 14.6 Å². The second-order valence-electron chi connectivity index (χ2n) is 10.9. The van der Waals surface area contributed by atoms with E-state index < -0.39 is 10.0 Å². The smallest absolute Gasteiger partial charge is 0.213 e. The van der Waals surface area contributed by atoms with Crippen LogP contribution in [-0.2, 0) is 16.4 Å². The number of aliphatic hydroxyl groups excluding tert-OH is 1. The number of aliphatic hydroxyl groups is 1. The molecule has 1 aliphatic heterocycles. The lowest BCUT2D eigenvalue weighted by Crippen LogP contribution is -2.40. The molecule has 2 heterocycles. The molecule has 5 rings (SSSR count). The van der Waals surface area contributed by atoms with Crippen molar-refractivity contribution in [3.8, 4) is 32.8 Å². The van der Waals surface area contributed by atoms with Crippen LogP contribution in [0.15, 0.2) is 42.6 Å². The number of nitriles is 1. The summed E-state index contributed by atoms with van der Waals surface area (Å²) in [6.45, 7) is 6.25. The molecular formula is C30H36N4O4S2. The Morgan fingerprint density at radius 1 is 1.23 bits per heavy atom. The first-order valence-electron chi connectivity index (χ1n) is 13.9. The minimum Gasteiger partial charge on any atom is -0.490 e. The summed E-state index contributed by atoms with van der Waals surface area (Å²) in [5.74, 6) is 0.981. The van der Waals surface area contributed by atoms with Crippen molar-refractivity contribution in [3.05, 3.63) is 59.3 Å². The number of sulfonamides is 1. The number of piperidine rings is 1. The Morgan fingerprint density at radius 3 is 2.75 bits per heavy atom. The molecular weight excluding hydrogens is 544 g/mol. The lowest BCUT2D eigenvalue weighted by atomic mass is 9.98. The van der Waals surface area contributed by atoms with Gasteiger partial charge in [0.2, 0.25) is 10.0 Å². The first-order chi connectivity index (χ1) is 19.3. The van der Waals surface area contributed by atoms with Gasteiger partial charge in [-0.2, -0.15) is 5.26 Å². The molecule has 1 aromatic heterocycles. The maximum absolute atomic E-state index is 13.0. The molecule has 1 atom stereocenters. The number of thiazole rings is 1. The molecule has 10 heteroatoms. The molecule has 0 radical (unpaired) electrons. The molecule has 8 nitrogen and oxygen atoms in total. The van der Waals surface area contributed by atoms with Crippen LogP contribution in [0.1, 0.15) is 55.8 Å². The first-order valence-corrected chi connectivity index (χ1v) is 16.4. The van der Waals surface area contributed by atoms with Crippen molar-refractivity contribution in [2.24, 2.45) is 5.92 Å². The second kappa shape index (κ2) is 12.4. The number of fused-ring (bicyclic) bond motifs is 1. The van der Waals surface area contributed by atoms with Gasteiger partial charge in [0.15, 0.2) is 0 Å². The molecule has 1 fully saturated rings. The van der Waals surface area contributed by atoms with Gasteiger partial charge in [-0.3, -0.25) is 0 Å². The van der Waals surface area contributed by atoms with Crippen LogP contribution in [-0.4, -0.2) is 61.5 Å². The summed E-state index contributed by atoms with van der Waals surface area (Å²) >= 11 is 1.56. The van der Waals surface area contributed by atoms with E-state index in [4.69, 9.17) is 4.74 Å². The minimum atomic E-state index is -3.44. The van der Waals surface area contributed by atoms with Crippen molar-refractivity contribution in [2.75, 3.05) is 32.0 Å². The van der Waals surface area contributed by atoms with Gasteiger partial charge in [-0.05, 0) is 93.4 Å². The normalized spacial score (nSPS) is 18.1. The van der Waals surface area contributed by atoms with Gasteiger partial charge >= 0.3 is 0 Å². The number of hydrogen-bond donors (Lipinski definition) is 2. The van der Waals surface area contributed by atoms with Crippen LogP contribution in [0.4, 0.5) is 0 Å². The third-order valence-corrected chi connectivity index (χ3v) is 10.2. The highest BCUT2D eigenvalue weighted by Gasteiger charge is 2.29. The summed E-state index contributed by atoms with van der Waals surface area (Å²) in [5, 5.41) is 19.8. The molecule has 2 aromatic carbocycles. The van der Waals surface area contributed by atoms with Gasteiger partial charge in [0.25, 0.3) is 0 Å². The molecule has 0 saturated carbocycles. The van der Waals surface area contributed by atoms with Gasteiger partial charge in [0, 0.05) is 31.0 Å². The highest BCUT2D eigenvalue weighted by atomic mass is 32.2. The third-order valence-electron chi connectivity index (χ3n) is 7.71. The Bertz CT molecular complexity index is 1490. The van der Waals surface area contributed by atoms with E-state index in [2.05, 4.69) is 26.7 Å². The highest BCUT2D eigenvalue weighted by Crippen LogP contribution is 2.41. The molecule has 0 unspecified atom stereocenters. The predicted molar refractivity (Wildman–Crippen MR) is 158 cm³/mol. The average molecular weight is 581 g/mol. The molecule has 3 aromatic rings. The molecule has 0 spiro atoms. The Labute approximate surface area is 240 Å². The SMILES string of the molecule is CC(C)Oc1ccc(-c2ncc(-c3cccc4c3CC[C@@H]4NS(=O)(=O)CCN3CCC(CO)CC3)s2)cc1C#N. The van der Waals surface area contributed by atoms with E-state index in [1.54, 1.807) is 11.3 Å². The van der Waals surface area contributed by atoms with Crippen LogP contribution in [0.3, 0.4) is 0 Å². The van der Waals surface area contributed by atoms with E-state index in [1.165, 1.54) is 0 Å². The average Bonchev–Trinajstić information content (AvgIpc) is 3.60. The lowest BCUT2D eigenvalue weighted by Gasteiger charge is -2.31. The van der Waals surface area contributed by atoms with Gasteiger partial charge in [-0.15, -0.1) is 11.3 Å². The zero-order valence-corrected chi connectivity index (χ0v) is 24.6. The van der Waals surface area contributed by atoms with Gasteiger partial charge in [0.05, 0.1) is 22.3 Å². The van der Waals surface area contributed by atoms with Crippen molar-refractivity contribution in [1.29, 1.82) is 5.26 Å². The molecule has 1 saturated heterocycles. The number of rotatable bonds is 10. The van der Waals surface area contributed by atoms with Gasteiger partial charge < -0.3 is 14.7 Å². The zero-order chi connectivity index (χ0) is 28.3. The fourth-order valence-electron chi connectivity index (χ4n) is 5.56. The van der Waals surface area contributed by atoms with Crippen molar-refractivity contribution in [2.45, 2.75) is 51.7 Å². The van der Waals surface area contributed by atoms with Gasteiger partial charge in [0.1, 0.15) is 16.8 Å². The predicted octanol–water partition coefficient (Wildman–Crippen LogP) is 4.75. The van der Waals surface area contributed by atoms with Gasteiger partial charge in [-0.25, -0.2) is 18.1 Å². The Hall–Kier alpha value is -2.81. The van der Waals surface area contributed by atoms with Crippen LogP contribution in [0.25, 0.3) is 21.0 Å². The molecule has 2 N–H and O–H groups in total. The van der Waals surface area contributed by atoms with E-state index in [0.29, 0.717) is 23.8 Å². The summed E-state index contributed by atoms with van der Waals surface area (Å²) in [4.78, 5) is 7.84. The van der Waals surface area contributed by atoms with Crippen LogP contribution < -0.4 is 9.46 Å². The fraction of sp³-hybridized carbons (Fsp3) is 0.467. The zero-order valence-electron chi connectivity index (χ0n) is 23.0. The molecule has 0 amide bonds. The molecule has 1 aliphatic carbocycles. The summed E-state index contributed by atoms with van der Waals surface area (Å²) < 4.78 is 34.7. The van der Waals surface area contributed by atoms with Crippen molar-refractivity contribution < 1.29 is 18.3 Å². The maximum atomic E-state index is 13.0. The molecule has 212 valence electrons. The Kier molecular flexibility index (Phi) is 8.88. The first kappa shape index (κ1) is 28.7. The van der Waals surface area contributed by atoms with Crippen LogP contribution in [0.2, 0.25) is 0 Å².